The third-order valence-corrected chi connectivity index (χ3v) is 5.32. The second kappa shape index (κ2) is 6.83. The van der Waals surface area contributed by atoms with Crippen molar-refractivity contribution >= 4 is 11.8 Å². The highest BCUT2D eigenvalue weighted by molar-refractivity contribution is 5.68. The molecule has 0 amide bonds. The number of anilines is 1. The third kappa shape index (κ3) is 3.95. The fourth-order valence-electron chi connectivity index (χ4n) is 3.17. The summed E-state index contributed by atoms with van der Waals surface area (Å²) in [6.07, 6.45) is 5.32. The summed E-state index contributed by atoms with van der Waals surface area (Å²) in [6, 6.07) is 13.3. The van der Waals surface area contributed by atoms with Gasteiger partial charge >= 0.3 is 0 Å². The average Bonchev–Trinajstić information content (AvgIpc) is 2.59. The van der Waals surface area contributed by atoms with Gasteiger partial charge in [0, 0.05) is 17.8 Å². The molecule has 0 aliphatic carbocycles. The Labute approximate surface area is 158 Å². The Kier molecular flexibility index (Phi) is 4.88. The van der Waals surface area contributed by atoms with Crippen LogP contribution < -0.4 is 10.1 Å². The Bertz CT molecular complexity index is 811. The smallest absolute Gasteiger partial charge is 0.128 e. The molecule has 1 atom stereocenters. The largest absolute Gasteiger partial charge is 0.483 e. The van der Waals surface area contributed by atoms with Crippen LogP contribution in [0.4, 0.5) is 5.69 Å². The van der Waals surface area contributed by atoms with Crippen LogP contribution in [0.2, 0.25) is 0 Å². The lowest BCUT2D eigenvalue weighted by Crippen LogP contribution is -2.30. The van der Waals surface area contributed by atoms with Crippen molar-refractivity contribution in [3.05, 3.63) is 64.7 Å². The molecule has 0 fully saturated rings. The van der Waals surface area contributed by atoms with Crippen LogP contribution in [0.3, 0.4) is 0 Å². The van der Waals surface area contributed by atoms with Gasteiger partial charge < -0.3 is 10.1 Å². The maximum atomic E-state index is 6.20. The first kappa shape index (κ1) is 18.6. The first-order chi connectivity index (χ1) is 12.2. The number of nitrogens with one attached hydrogen (secondary N) is 1. The van der Waals surface area contributed by atoms with Crippen LogP contribution >= 0.6 is 0 Å². The minimum atomic E-state index is -0.191. The van der Waals surface area contributed by atoms with E-state index in [1.807, 2.05) is 0 Å². The topological polar surface area (TPSA) is 21.3 Å². The molecule has 1 aliphatic rings. The van der Waals surface area contributed by atoms with E-state index in [0.717, 1.165) is 30.0 Å². The molecular weight excluding hydrogens is 318 g/mol. The second-order valence-corrected chi connectivity index (χ2v) is 8.61. The lowest BCUT2D eigenvalue weighted by atomic mass is 9.87. The van der Waals surface area contributed by atoms with Crippen molar-refractivity contribution < 1.29 is 4.74 Å². The molecule has 2 nitrogen and oxygen atoms in total. The Morgan fingerprint density at radius 2 is 1.77 bits per heavy atom. The third-order valence-electron chi connectivity index (χ3n) is 5.32. The molecule has 1 aliphatic heterocycles. The monoisotopic (exact) mass is 349 g/mol. The molecule has 0 saturated heterocycles. The van der Waals surface area contributed by atoms with Crippen LogP contribution in [0.25, 0.3) is 6.08 Å². The predicted molar refractivity (Wildman–Crippen MR) is 112 cm³/mol. The van der Waals surface area contributed by atoms with Gasteiger partial charge in [0.1, 0.15) is 11.4 Å². The molecule has 0 radical (unpaired) electrons. The standard InChI is InChI=1S/C24H31NO/c1-7-24(6)13-12-19-15-21(17(2)14-22(19)26-24)25-16-18-8-10-20(11-9-18)23(3,4)5/h8-15,25H,7,16H2,1-6H3. The summed E-state index contributed by atoms with van der Waals surface area (Å²) in [7, 11) is 0. The van der Waals surface area contributed by atoms with Crippen molar-refractivity contribution in [1.29, 1.82) is 0 Å². The zero-order valence-electron chi connectivity index (χ0n) is 16.9. The summed E-state index contributed by atoms with van der Waals surface area (Å²) < 4.78 is 6.20. The van der Waals surface area contributed by atoms with Gasteiger partial charge in [0.15, 0.2) is 0 Å². The molecule has 2 aromatic carbocycles. The van der Waals surface area contributed by atoms with E-state index in [9.17, 15) is 0 Å². The predicted octanol–water partition coefficient (Wildman–Crippen LogP) is 6.48. The van der Waals surface area contributed by atoms with Gasteiger partial charge in [-0.3, -0.25) is 0 Å². The molecule has 0 aromatic heterocycles. The van der Waals surface area contributed by atoms with Gasteiger partial charge in [0.2, 0.25) is 0 Å². The van der Waals surface area contributed by atoms with Crippen molar-refractivity contribution in [2.75, 3.05) is 5.32 Å². The summed E-state index contributed by atoms with van der Waals surface area (Å²) in [5.41, 5.74) is 6.18. The first-order valence-electron chi connectivity index (χ1n) is 9.56. The van der Waals surface area contributed by atoms with E-state index < -0.39 is 0 Å². The van der Waals surface area contributed by atoms with Crippen LogP contribution in [-0.2, 0) is 12.0 Å². The number of aryl methyl sites for hydroxylation is 1. The van der Waals surface area contributed by atoms with Crippen molar-refractivity contribution in [1.82, 2.24) is 0 Å². The molecule has 3 rings (SSSR count). The second-order valence-electron chi connectivity index (χ2n) is 8.61. The molecule has 1 heterocycles. The highest BCUT2D eigenvalue weighted by Gasteiger charge is 2.25. The Morgan fingerprint density at radius 3 is 2.38 bits per heavy atom. The Hall–Kier alpha value is -2.22. The number of rotatable bonds is 4. The molecular formula is C24H31NO. The van der Waals surface area contributed by atoms with Crippen molar-refractivity contribution in [3.63, 3.8) is 0 Å². The Morgan fingerprint density at radius 1 is 1.08 bits per heavy atom. The van der Waals surface area contributed by atoms with Gasteiger partial charge in [-0.05, 0) is 60.6 Å². The lowest BCUT2D eigenvalue weighted by molar-refractivity contribution is 0.133. The maximum Gasteiger partial charge on any atom is 0.128 e. The average molecular weight is 350 g/mol. The molecule has 1 N–H and O–H groups in total. The van der Waals surface area contributed by atoms with E-state index in [4.69, 9.17) is 4.74 Å². The fraction of sp³-hybridized carbons (Fsp3) is 0.417. The summed E-state index contributed by atoms with van der Waals surface area (Å²) in [6.45, 7) is 14.0. The molecule has 138 valence electrons. The maximum absolute atomic E-state index is 6.20. The number of ether oxygens (including phenoxy) is 1. The van der Waals surface area contributed by atoms with Gasteiger partial charge in [0.05, 0.1) is 0 Å². The molecule has 26 heavy (non-hydrogen) atoms. The molecule has 0 bridgehead atoms. The summed E-state index contributed by atoms with van der Waals surface area (Å²) in [4.78, 5) is 0. The zero-order chi connectivity index (χ0) is 18.9. The number of benzene rings is 2. The van der Waals surface area contributed by atoms with Gasteiger partial charge in [-0.1, -0.05) is 58.0 Å². The molecule has 2 aromatic rings. The van der Waals surface area contributed by atoms with E-state index in [1.54, 1.807) is 0 Å². The minimum Gasteiger partial charge on any atom is -0.483 e. The van der Waals surface area contributed by atoms with Gasteiger partial charge in [0.25, 0.3) is 0 Å². The van der Waals surface area contributed by atoms with Crippen molar-refractivity contribution in [3.8, 4) is 5.75 Å². The van der Waals surface area contributed by atoms with Crippen LogP contribution in [0, 0.1) is 6.92 Å². The molecule has 1 unspecified atom stereocenters. The van der Waals surface area contributed by atoms with Crippen LogP contribution in [0.5, 0.6) is 5.75 Å². The first-order valence-corrected chi connectivity index (χ1v) is 9.56. The van der Waals surface area contributed by atoms with E-state index in [2.05, 4.69) is 95.4 Å². The van der Waals surface area contributed by atoms with Gasteiger partial charge in [-0.15, -0.1) is 0 Å². The minimum absolute atomic E-state index is 0.191. The van der Waals surface area contributed by atoms with Gasteiger partial charge in [-0.25, -0.2) is 0 Å². The highest BCUT2D eigenvalue weighted by Crippen LogP contribution is 2.36. The van der Waals surface area contributed by atoms with Crippen molar-refractivity contribution in [2.24, 2.45) is 0 Å². The van der Waals surface area contributed by atoms with E-state index in [0.29, 0.717) is 0 Å². The number of fused-ring (bicyclic) bond motifs is 1. The summed E-state index contributed by atoms with van der Waals surface area (Å²) >= 11 is 0. The van der Waals surface area contributed by atoms with Crippen molar-refractivity contribution in [2.45, 2.75) is 65.5 Å². The normalized spacial score (nSPS) is 19.0. The summed E-state index contributed by atoms with van der Waals surface area (Å²) in [5.74, 6) is 0.981. The van der Waals surface area contributed by atoms with E-state index >= 15 is 0 Å². The fourth-order valence-corrected chi connectivity index (χ4v) is 3.17. The lowest BCUT2D eigenvalue weighted by Gasteiger charge is -2.31. The quantitative estimate of drug-likeness (QED) is 0.682. The summed E-state index contributed by atoms with van der Waals surface area (Å²) in [5, 5.41) is 3.58. The molecule has 0 spiro atoms. The number of hydrogen-bond acceptors (Lipinski definition) is 2. The van der Waals surface area contributed by atoms with Gasteiger partial charge in [-0.2, -0.15) is 0 Å². The van der Waals surface area contributed by atoms with Crippen LogP contribution in [-0.4, -0.2) is 5.60 Å². The van der Waals surface area contributed by atoms with E-state index in [1.165, 1.54) is 16.7 Å². The highest BCUT2D eigenvalue weighted by atomic mass is 16.5. The van der Waals surface area contributed by atoms with Crippen LogP contribution in [0.1, 0.15) is 63.3 Å². The number of hydrogen-bond donors (Lipinski definition) is 1. The molecule has 2 heteroatoms. The van der Waals surface area contributed by atoms with Crippen LogP contribution in [0.15, 0.2) is 42.5 Å². The Balaban J connectivity index is 1.74. The molecule has 0 saturated carbocycles. The zero-order valence-corrected chi connectivity index (χ0v) is 16.9. The van der Waals surface area contributed by atoms with E-state index in [-0.39, 0.29) is 11.0 Å². The SMILES string of the molecule is CCC1(C)C=Cc2cc(NCc3ccc(C(C)(C)C)cc3)c(C)cc2O1.